The molecule has 2 rings (SSSR count). The molecule has 16 heavy (non-hydrogen) atoms. The maximum absolute atomic E-state index is 13.3. The van der Waals surface area contributed by atoms with Gasteiger partial charge in [0.25, 0.3) is 0 Å². The lowest BCUT2D eigenvalue weighted by molar-refractivity contribution is -0.384. The van der Waals surface area contributed by atoms with Crippen LogP contribution in [-0.4, -0.2) is 15.1 Å². The summed E-state index contributed by atoms with van der Waals surface area (Å²) in [6, 6.07) is 2.70. The highest BCUT2D eigenvalue weighted by Crippen LogP contribution is 2.29. The highest BCUT2D eigenvalue weighted by molar-refractivity contribution is 5.69. The molecule has 0 aliphatic carbocycles. The third kappa shape index (κ3) is 1.62. The number of nitrogens with one attached hydrogen (secondary N) is 1. The number of aromatic amines is 1. The number of hydrogen-bond acceptors (Lipinski definition) is 3. The van der Waals surface area contributed by atoms with E-state index in [2.05, 4.69) is 10.2 Å². The zero-order valence-electron chi connectivity index (χ0n) is 7.78. The first kappa shape index (κ1) is 10.2. The first-order valence-electron chi connectivity index (χ1n) is 4.23. The van der Waals surface area contributed by atoms with Crippen molar-refractivity contribution in [2.45, 2.75) is 0 Å². The van der Waals surface area contributed by atoms with E-state index in [1.165, 1.54) is 0 Å². The molecule has 0 spiro atoms. The Bertz CT molecular complexity index is 553. The summed E-state index contributed by atoms with van der Waals surface area (Å²) in [7, 11) is 0. The number of hydrogen-bond donors (Lipinski definition) is 1. The number of nitrogens with zero attached hydrogens (tertiary/aromatic N) is 2. The largest absolute Gasteiger partial charge is 0.314 e. The molecule has 0 fully saturated rings. The normalized spacial score (nSPS) is 10.4. The molecule has 5 nitrogen and oxygen atoms in total. The van der Waals surface area contributed by atoms with Gasteiger partial charge in [-0.2, -0.15) is 5.10 Å². The smallest absolute Gasteiger partial charge is 0.271 e. The molecule has 1 heterocycles. The van der Waals surface area contributed by atoms with Crippen molar-refractivity contribution in [2.24, 2.45) is 0 Å². The van der Waals surface area contributed by atoms with Crippen LogP contribution in [0.4, 0.5) is 14.5 Å². The standard InChI is InChI=1S/C9H5F2N3O2/c10-5-1-2-7(11)6(3-5)9-8(14(15)16)4-12-13-9/h1-4H,(H,12,13). The molecule has 82 valence electrons. The van der Waals surface area contributed by atoms with Crippen LogP contribution in [0.3, 0.4) is 0 Å². The lowest BCUT2D eigenvalue weighted by Gasteiger charge is -1.99. The lowest BCUT2D eigenvalue weighted by atomic mass is 10.1. The molecule has 0 atom stereocenters. The molecular formula is C9H5F2N3O2. The highest BCUT2D eigenvalue weighted by atomic mass is 19.1. The van der Waals surface area contributed by atoms with E-state index in [4.69, 9.17) is 0 Å². The molecule has 1 aromatic heterocycles. The quantitative estimate of drug-likeness (QED) is 0.629. The van der Waals surface area contributed by atoms with Crippen molar-refractivity contribution >= 4 is 5.69 Å². The number of H-pyrrole nitrogens is 1. The van der Waals surface area contributed by atoms with E-state index in [1.54, 1.807) is 0 Å². The Balaban J connectivity index is 2.62. The fourth-order valence-electron chi connectivity index (χ4n) is 1.31. The van der Waals surface area contributed by atoms with Gasteiger partial charge in [-0.05, 0) is 18.2 Å². The zero-order chi connectivity index (χ0) is 11.7. The van der Waals surface area contributed by atoms with Gasteiger partial charge in [-0.15, -0.1) is 0 Å². The van der Waals surface area contributed by atoms with Gasteiger partial charge in [0, 0.05) is 5.56 Å². The van der Waals surface area contributed by atoms with E-state index in [0.29, 0.717) is 0 Å². The van der Waals surface area contributed by atoms with Crippen LogP contribution >= 0.6 is 0 Å². The van der Waals surface area contributed by atoms with E-state index in [9.17, 15) is 18.9 Å². The molecule has 0 radical (unpaired) electrons. The fraction of sp³-hybridized carbons (Fsp3) is 0. The average Bonchev–Trinajstić information content (AvgIpc) is 2.70. The van der Waals surface area contributed by atoms with E-state index >= 15 is 0 Å². The van der Waals surface area contributed by atoms with Crippen molar-refractivity contribution in [3.63, 3.8) is 0 Å². The maximum atomic E-state index is 13.3. The minimum atomic E-state index is -0.756. The van der Waals surface area contributed by atoms with Gasteiger partial charge in [0.2, 0.25) is 0 Å². The monoisotopic (exact) mass is 225 g/mol. The first-order chi connectivity index (χ1) is 7.59. The van der Waals surface area contributed by atoms with Gasteiger partial charge in [0.1, 0.15) is 23.5 Å². The van der Waals surface area contributed by atoms with Gasteiger partial charge in [-0.25, -0.2) is 8.78 Å². The summed E-state index contributed by atoms with van der Waals surface area (Å²) >= 11 is 0. The summed E-state index contributed by atoms with van der Waals surface area (Å²) < 4.78 is 26.2. The van der Waals surface area contributed by atoms with Gasteiger partial charge < -0.3 is 0 Å². The van der Waals surface area contributed by atoms with Crippen molar-refractivity contribution in [3.8, 4) is 11.3 Å². The fourth-order valence-corrected chi connectivity index (χ4v) is 1.31. The Labute approximate surface area is 87.9 Å². The number of rotatable bonds is 2. The topological polar surface area (TPSA) is 71.8 Å². The first-order valence-corrected chi connectivity index (χ1v) is 4.23. The molecular weight excluding hydrogens is 220 g/mol. The molecule has 1 aromatic carbocycles. The lowest BCUT2D eigenvalue weighted by Crippen LogP contribution is -1.92. The second kappa shape index (κ2) is 3.69. The van der Waals surface area contributed by atoms with Crippen LogP contribution in [0.15, 0.2) is 24.4 Å². The Hall–Kier alpha value is -2.31. The zero-order valence-corrected chi connectivity index (χ0v) is 7.78. The van der Waals surface area contributed by atoms with Gasteiger partial charge in [-0.1, -0.05) is 0 Å². The summed E-state index contributed by atoms with van der Waals surface area (Å²) in [6.45, 7) is 0. The van der Waals surface area contributed by atoms with Crippen molar-refractivity contribution in [2.75, 3.05) is 0 Å². The predicted octanol–water partition coefficient (Wildman–Crippen LogP) is 2.26. The van der Waals surface area contributed by atoms with Crippen LogP contribution < -0.4 is 0 Å². The van der Waals surface area contributed by atoms with E-state index in [0.717, 1.165) is 24.4 Å². The van der Waals surface area contributed by atoms with Crippen LogP contribution in [0.5, 0.6) is 0 Å². The van der Waals surface area contributed by atoms with E-state index in [1.807, 2.05) is 0 Å². The van der Waals surface area contributed by atoms with Crippen LogP contribution in [0, 0.1) is 21.7 Å². The van der Waals surface area contributed by atoms with Crippen LogP contribution in [0.25, 0.3) is 11.3 Å². The summed E-state index contributed by atoms with van der Waals surface area (Å²) in [6.07, 6.45) is 0.944. The maximum Gasteiger partial charge on any atom is 0.314 e. The SMILES string of the molecule is O=[N+]([O-])c1cn[nH]c1-c1cc(F)ccc1F. The number of aromatic nitrogens is 2. The van der Waals surface area contributed by atoms with Crippen molar-refractivity contribution in [1.82, 2.24) is 10.2 Å². The molecule has 7 heteroatoms. The van der Waals surface area contributed by atoms with Crippen molar-refractivity contribution in [1.29, 1.82) is 0 Å². The van der Waals surface area contributed by atoms with Crippen LogP contribution in [-0.2, 0) is 0 Å². The second-order valence-corrected chi connectivity index (χ2v) is 3.01. The Kier molecular flexibility index (Phi) is 2.35. The summed E-state index contributed by atoms with van der Waals surface area (Å²) in [4.78, 5) is 9.86. The number of benzene rings is 1. The third-order valence-corrected chi connectivity index (χ3v) is 2.01. The Morgan fingerprint density at radius 3 is 2.81 bits per heavy atom. The second-order valence-electron chi connectivity index (χ2n) is 3.01. The molecule has 0 aliphatic heterocycles. The average molecular weight is 225 g/mol. The molecule has 0 aliphatic rings. The molecule has 0 unspecified atom stereocenters. The van der Waals surface area contributed by atoms with E-state index in [-0.39, 0.29) is 11.3 Å². The number of halogens is 2. The predicted molar refractivity (Wildman–Crippen MR) is 50.6 cm³/mol. The highest BCUT2D eigenvalue weighted by Gasteiger charge is 2.20. The molecule has 0 bridgehead atoms. The summed E-state index contributed by atoms with van der Waals surface area (Å²) in [5.41, 5.74) is -0.768. The minimum absolute atomic E-state index is 0.151. The van der Waals surface area contributed by atoms with Crippen LogP contribution in [0.1, 0.15) is 0 Å². The van der Waals surface area contributed by atoms with Gasteiger partial charge in [0.15, 0.2) is 0 Å². The molecule has 1 N–H and O–H groups in total. The third-order valence-electron chi connectivity index (χ3n) is 2.01. The number of nitro groups is 1. The molecule has 0 saturated heterocycles. The van der Waals surface area contributed by atoms with Gasteiger partial charge >= 0.3 is 5.69 Å². The Morgan fingerprint density at radius 1 is 1.38 bits per heavy atom. The van der Waals surface area contributed by atoms with Crippen molar-refractivity contribution in [3.05, 3.63) is 46.1 Å². The van der Waals surface area contributed by atoms with Gasteiger partial charge in [0.05, 0.1) is 4.92 Å². The van der Waals surface area contributed by atoms with Crippen molar-refractivity contribution < 1.29 is 13.7 Å². The van der Waals surface area contributed by atoms with Crippen LogP contribution in [0.2, 0.25) is 0 Å². The Morgan fingerprint density at radius 2 is 2.12 bits per heavy atom. The molecule has 0 saturated carbocycles. The molecule has 0 amide bonds. The summed E-state index contributed by atoms with van der Waals surface area (Å²) in [5, 5.41) is 16.3. The minimum Gasteiger partial charge on any atom is -0.271 e. The summed E-state index contributed by atoms with van der Waals surface area (Å²) in [5.74, 6) is -1.44. The van der Waals surface area contributed by atoms with E-state index < -0.39 is 22.2 Å². The van der Waals surface area contributed by atoms with Gasteiger partial charge in [-0.3, -0.25) is 15.2 Å². The molecule has 2 aromatic rings.